The molecule has 140 valence electrons. The highest BCUT2D eigenvalue weighted by atomic mass is 35.5. The van der Waals surface area contributed by atoms with Gasteiger partial charge in [-0.2, -0.15) is 0 Å². The second-order valence-corrected chi connectivity index (χ2v) is 5.52. The second kappa shape index (κ2) is 8.86. The Hall–Kier alpha value is -3.33. The van der Waals surface area contributed by atoms with E-state index in [1.807, 2.05) is 0 Å². The van der Waals surface area contributed by atoms with E-state index < -0.39 is 35.0 Å². The first-order valence-corrected chi connectivity index (χ1v) is 7.67. The first-order chi connectivity index (χ1) is 12.7. The third-order valence-corrected chi connectivity index (χ3v) is 3.39. The Kier molecular flexibility index (Phi) is 6.56. The Morgan fingerprint density at radius 3 is 2.48 bits per heavy atom. The van der Waals surface area contributed by atoms with Gasteiger partial charge in [-0.05, 0) is 29.8 Å². The summed E-state index contributed by atoms with van der Waals surface area (Å²) in [5.74, 6) is -3.44. The lowest BCUT2D eigenvalue weighted by molar-refractivity contribution is -0.384. The van der Waals surface area contributed by atoms with Gasteiger partial charge in [-0.3, -0.25) is 14.9 Å². The minimum absolute atomic E-state index is 0.0508. The van der Waals surface area contributed by atoms with Crippen molar-refractivity contribution in [2.45, 2.75) is 0 Å². The fourth-order valence-corrected chi connectivity index (χ4v) is 2.13. The van der Waals surface area contributed by atoms with Crippen molar-refractivity contribution in [2.75, 3.05) is 11.9 Å². The summed E-state index contributed by atoms with van der Waals surface area (Å²) in [4.78, 5) is 33.3. The summed E-state index contributed by atoms with van der Waals surface area (Å²) in [6.07, 6.45) is 2.20. The number of nitro groups is 1. The number of ether oxygens (including phenoxy) is 1. The van der Waals surface area contributed by atoms with Gasteiger partial charge in [-0.25, -0.2) is 13.6 Å². The van der Waals surface area contributed by atoms with E-state index in [0.29, 0.717) is 11.6 Å². The van der Waals surface area contributed by atoms with Crippen LogP contribution in [-0.4, -0.2) is 23.4 Å². The number of hydrogen-bond acceptors (Lipinski definition) is 5. The number of amides is 1. The van der Waals surface area contributed by atoms with Crippen LogP contribution in [0, 0.1) is 21.7 Å². The first kappa shape index (κ1) is 20.0. The molecule has 2 aromatic rings. The number of hydrogen-bond donors (Lipinski definition) is 1. The highest BCUT2D eigenvalue weighted by molar-refractivity contribution is 6.32. The van der Waals surface area contributed by atoms with Gasteiger partial charge in [0.05, 0.1) is 4.92 Å². The summed E-state index contributed by atoms with van der Waals surface area (Å²) in [5.41, 5.74) is -0.130. The van der Waals surface area contributed by atoms with Crippen LogP contribution in [0.3, 0.4) is 0 Å². The maximum Gasteiger partial charge on any atom is 0.331 e. The van der Waals surface area contributed by atoms with Gasteiger partial charge >= 0.3 is 5.97 Å². The number of nitrogens with zero attached hydrogens (tertiary/aromatic N) is 1. The van der Waals surface area contributed by atoms with Crippen molar-refractivity contribution in [3.05, 3.63) is 74.8 Å². The van der Waals surface area contributed by atoms with E-state index in [4.69, 9.17) is 11.6 Å². The van der Waals surface area contributed by atoms with Crippen molar-refractivity contribution >= 4 is 40.9 Å². The molecule has 7 nitrogen and oxygen atoms in total. The van der Waals surface area contributed by atoms with Crippen LogP contribution in [-0.2, 0) is 14.3 Å². The maximum atomic E-state index is 13.0. The fourth-order valence-electron chi connectivity index (χ4n) is 1.95. The SMILES string of the molecule is O=C(COC(=O)/C=C/c1ccc(Cl)c([N+](=O)[O-])c1)Nc1cc(F)cc(F)c1. The summed E-state index contributed by atoms with van der Waals surface area (Å²) in [7, 11) is 0. The predicted octanol–water partition coefficient (Wildman–Crippen LogP) is 3.72. The lowest BCUT2D eigenvalue weighted by atomic mass is 10.2. The van der Waals surface area contributed by atoms with Crippen molar-refractivity contribution < 1.29 is 28.0 Å². The van der Waals surface area contributed by atoms with Gasteiger partial charge in [-0.15, -0.1) is 0 Å². The number of esters is 1. The molecule has 0 aliphatic rings. The first-order valence-electron chi connectivity index (χ1n) is 7.29. The molecule has 0 bridgehead atoms. The molecule has 0 spiro atoms. The van der Waals surface area contributed by atoms with Gasteiger partial charge < -0.3 is 10.1 Å². The third kappa shape index (κ3) is 6.15. The minimum Gasteiger partial charge on any atom is -0.452 e. The lowest BCUT2D eigenvalue weighted by Crippen LogP contribution is -2.20. The van der Waals surface area contributed by atoms with Gasteiger partial charge in [0, 0.05) is 23.9 Å². The Morgan fingerprint density at radius 2 is 1.85 bits per heavy atom. The van der Waals surface area contributed by atoms with Crippen molar-refractivity contribution in [1.29, 1.82) is 0 Å². The number of benzene rings is 2. The molecular weight excluding hydrogens is 386 g/mol. The largest absolute Gasteiger partial charge is 0.452 e. The zero-order chi connectivity index (χ0) is 20.0. The van der Waals surface area contributed by atoms with E-state index in [-0.39, 0.29) is 16.4 Å². The van der Waals surface area contributed by atoms with Crippen LogP contribution >= 0.6 is 11.6 Å². The summed E-state index contributed by atoms with van der Waals surface area (Å²) in [6, 6.07) is 6.35. The standard InChI is InChI=1S/C17H11ClF2N2O5/c18-14-3-1-10(5-15(14)22(25)26)2-4-17(24)27-9-16(23)21-13-7-11(19)6-12(20)8-13/h1-8H,9H2,(H,21,23)/b4-2+. The van der Waals surface area contributed by atoms with Crippen LogP contribution in [0.15, 0.2) is 42.5 Å². The molecule has 2 rings (SSSR count). The average molecular weight is 397 g/mol. The number of rotatable bonds is 6. The van der Waals surface area contributed by atoms with Crippen LogP contribution in [0.1, 0.15) is 5.56 Å². The van der Waals surface area contributed by atoms with Crippen LogP contribution in [0.5, 0.6) is 0 Å². The predicted molar refractivity (Wildman–Crippen MR) is 93.1 cm³/mol. The molecule has 0 radical (unpaired) electrons. The average Bonchev–Trinajstić information content (AvgIpc) is 2.58. The van der Waals surface area contributed by atoms with E-state index in [9.17, 15) is 28.5 Å². The molecule has 0 fully saturated rings. The molecular formula is C17H11ClF2N2O5. The van der Waals surface area contributed by atoms with Crippen molar-refractivity contribution in [3.63, 3.8) is 0 Å². The number of anilines is 1. The van der Waals surface area contributed by atoms with E-state index in [1.165, 1.54) is 18.2 Å². The Morgan fingerprint density at radius 1 is 1.19 bits per heavy atom. The fraction of sp³-hybridized carbons (Fsp3) is 0.0588. The summed E-state index contributed by atoms with van der Waals surface area (Å²) < 4.78 is 30.7. The van der Waals surface area contributed by atoms with E-state index in [1.54, 1.807) is 0 Å². The normalized spacial score (nSPS) is 10.6. The van der Waals surface area contributed by atoms with Gasteiger partial charge in [0.15, 0.2) is 6.61 Å². The smallest absolute Gasteiger partial charge is 0.331 e. The Labute approximate surface area is 156 Å². The Bertz CT molecular complexity index is 913. The molecule has 0 aromatic heterocycles. The maximum absolute atomic E-state index is 13.0. The van der Waals surface area contributed by atoms with E-state index >= 15 is 0 Å². The molecule has 0 heterocycles. The third-order valence-electron chi connectivity index (χ3n) is 3.07. The van der Waals surface area contributed by atoms with Gasteiger partial charge in [0.2, 0.25) is 0 Å². The van der Waals surface area contributed by atoms with Crippen molar-refractivity contribution in [1.82, 2.24) is 0 Å². The van der Waals surface area contributed by atoms with Gasteiger partial charge in [0.25, 0.3) is 11.6 Å². The number of carbonyl (C=O) groups is 2. The number of halogens is 3. The molecule has 2 aromatic carbocycles. The zero-order valence-corrected chi connectivity index (χ0v) is 14.2. The number of carbonyl (C=O) groups excluding carboxylic acids is 2. The molecule has 27 heavy (non-hydrogen) atoms. The summed E-state index contributed by atoms with van der Waals surface area (Å²) >= 11 is 5.68. The summed E-state index contributed by atoms with van der Waals surface area (Å²) in [5, 5.41) is 12.9. The van der Waals surface area contributed by atoms with Crippen LogP contribution in [0.25, 0.3) is 6.08 Å². The lowest BCUT2D eigenvalue weighted by Gasteiger charge is -2.05. The number of nitrogens with one attached hydrogen (secondary N) is 1. The number of nitro benzene ring substituents is 1. The molecule has 0 atom stereocenters. The molecule has 0 aliphatic heterocycles. The van der Waals surface area contributed by atoms with E-state index in [0.717, 1.165) is 24.3 Å². The monoisotopic (exact) mass is 396 g/mol. The quantitative estimate of drug-likeness (QED) is 0.347. The highest BCUT2D eigenvalue weighted by Gasteiger charge is 2.12. The van der Waals surface area contributed by atoms with Crippen molar-refractivity contribution in [2.24, 2.45) is 0 Å². The topological polar surface area (TPSA) is 98.5 Å². The second-order valence-electron chi connectivity index (χ2n) is 5.12. The van der Waals surface area contributed by atoms with Crippen LogP contribution < -0.4 is 5.32 Å². The molecule has 1 amide bonds. The molecule has 0 unspecified atom stereocenters. The zero-order valence-electron chi connectivity index (χ0n) is 13.4. The van der Waals surface area contributed by atoms with E-state index in [2.05, 4.69) is 10.1 Å². The van der Waals surface area contributed by atoms with Gasteiger partial charge in [-0.1, -0.05) is 17.7 Å². The molecule has 0 saturated carbocycles. The van der Waals surface area contributed by atoms with Crippen molar-refractivity contribution in [3.8, 4) is 0 Å². The summed E-state index contributed by atoms with van der Waals surface area (Å²) in [6.45, 7) is -0.692. The Balaban J connectivity index is 1.90. The highest BCUT2D eigenvalue weighted by Crippen LogP contribution is 2.25. The molecule has 0 saturated heterocycles. The molecule has 10 heteroatoms. The van der Waals surface area contributed by atoms with Crippen LogP contribution in [0.2, 0.25) is 5.02 Å². The van der Waals surface area contributed by atoms with Crippen LogP contribution in [0.4, 0.5) is 20.2 Å². The van der Waals surface area contributed by atoms with Gasteiger partial charge in [0.1, 0.15) is 16.7 Å². The molecule has 1 N–H and O–H groups in total. The minimum atomic E-state index is -0.895. The molecule has 0 aliphatic carbocycles.